The second kappa shape index (κ2) is 12.9. The average Bonchev–Trinajstić information content (AvgIpc) is 2.96. The average molecular weight is 691 g/mol. The first kappa shape index (κ1) is 35.1. The second-order valence-corrected chi connectivity index (χ2v) is 13.5. The van der Waals surface area contributed by atoms with E-state index in [2.05, 4.69) is 0 Å². The number of rotatable bonds is 3. The Labute approximate surface area is 262 Å². The van der Waals surface area contributed by atoms with Gasteiger partial charge in [-0.25, -0.2) is 0 Å². The molecule has 0 aliphatic rings. The van der Waals surface area contributed by atoms with Crippen molar-refractivity contribution in [1.29, 1.82) is 5.26 Å². The van der Waals surface area contributed by atoms with Gasteiger partial charge in [0.2, 0.25) is 0 Å². The minimum absolute atomic E-state index is 0.151. The Balaban J connectivity index is 0.000000203. The van der Waals surface area contributed by atoms with Crippen molar-refractivity contribution in [3.63, 3.8) is 0 Å². The van der Waals surface area contributed by atoms with E-state index in [-0.39, 0.29) is 16.0 Å². The van der Waals surface area contributed by atoms with Gasteiger partial charge in [-0.05, 0) is 66.7 Å². The fraction of sp³-hybridized carbons (Fsp3) is 0. The molecule has 0 bridgehead atoms. The third-order valence-corrected chi connectivity index (χ3v) is 8.92. The highest BCUT2D eigenvalue weighted by Crippen LogP contribution is 2.40. The SMILES string of the molecule is N#Cc1ccc(N)cc1.Nc1ccc(N)c2cc(S(=O)(=O)O)ccc12.Nc1ccc2c(O)c(N)c(S(=O)(=O)O)cc2c1S(=O)(=O)O. The highest BCUT2D eigenvalue weighted by atomic mass is 32.2. The van der Waals surface area contributed by atoms with Gasteiger partial charge in [0.25, 0.3) is 30.4 Å². The molecule has 0 atom stereocenters. The monoisotopic (exact) mass is 690 g/mol. The van der Waals surface area contributed by atoms with Crippen LogP contribution in [0.15, 0.2) is 87.5 Å². The van der Waals surface area contributed by atoms with E-state index in [9.17, 15) is 34.9 Å². The topological polar surface area (TPSA) is 337 Å². The van der Waals surface area contributed by atoms with E-state index in [1.165, 1.54) is 24.3 Å². The lowest BCUT2D eigenvalue weighted by Gasteiger charge is -2.12. The molecule has 0 unspecified atom stereocenters. The molecule has 0 spiro atoms. The Morgan fingerprint density at radius 2 is 1.09 bits per heavy atom. The van der Waals surface area contributed by atoms with Gasteiger partial charge in [-0.3, -0.25) is 13.7 Å². The van der Waals surface area contributed by atoms with E-state index in [1.807, 2.05) is 6.07 Å². The fourth-order valence-corrected chi connectivity index (χ4v) is 5.99. The highest BCUT2D eigenvalue weighted by molar-refractivity contribution is 7.86. The molecule has 0 aromatic heterocycles. The fourth-order valence-electron chi connectivity index (χ4n) is 4.03. The van der Waals surface area contributed by atoms with Crippen molar-refractivity contribution < 1.29 is 44.0 Å². The van der Waals surface area contributed by atoms with Gasteiger partial charge in [0, 0.05) is 38.6 Å². The summed E-state index contributed by atoms with van der Waals surface area (Å²) in [5.74, 6) is -0.759. The lowest BCUT2D eigenvalue weighted by atomic mass is 10.1. The van der Waals surface area contributed by atoms with Crippen molar-refractivity contribution >= 4 is 80.3 Å². The molecule has 0 saturated carbocycles. The zero-order valence-corrected chi connectivity index (χ0v) is 25.7. The van der Waals surface area contributed by atoms with Gasteiger partial charge in [-0.1, -0.05) is 6.07 Å². The first-order valence-electron chi connectivity index (χ1n) is 12.3. The van der Waals surface area contributed by atoms with Gasteiger partial charge < -0.3 is 33.8 Å². The van der Waals surface area contributed by atoms with Crippen LogP contribution in [0.1, 0.15) is 5.56 Å². The number of hydrogen-bond donors (Lipinski definition) is 9. The Hall–Kier alpha value is -5.36. The van der Waals surface area contributed by atoms with Crippen LogP contribution in [0, 0.1) is 11.3 Å². The summed E-state index contributed by atoms with van der Waals surface area (Å²) in [7, 11) is -13.9. The van der Waals surface area contributed by atoms with Gasteiger partial charge in [0.1, 0.15) is 15.5 Å². The van der Waals surface area contributed by atoms with Crippen LogP contribution in [-0.2, 0) is 30.4 Å². The van der Waals surface area contributed by atoms with Gasteiger partial charge in [-0.2, -0.15) is 30.5 Å². The van der Waals surface area contributed by atoms with Crippen molar-refractivity contribution in [2.24, 2.45) is 0 Å². The van der Waals surface area contributed by atoms with Crippen LogP contribution >= 0.6 is 0 Å². The third kappa shape index (κ3) is 7.83. The molecule has 0 amide bonds. The smallest absolute Gasteiger partial charge is 0.297 e. The largest absolute Gasteiger partial charge is 0.505 e. The summed E-state index contributed by atoms with van der Waals surface area (Å²) < 4.78 is 94.2. The number of phenols is 1. The minimum Gasteiger partial charge on any atom is -0.505 e. The number of nitrogens with two attached hydrogens (primary N) is 5. The molecule has 5 aromatic rings. The molecular weight excluding hydrogens is 665 g/mol. The Bertz CT molecular complexity index is 2360. The summed E-state index contributed by atoms with van der Waals surface area (Å²) in [6, 6.07) is 19.1. The second-order valence-electron chi connectivity index (χ2n) is 9.33. The Morgan fingerprint density at radius 1 is 0.565 bits per heavy atom. The Kier molecular flexibility index (Phi) is 9.88. The van der Waals surface area contributed by atoms with Gasteiger partial charge in [-0.15, -0.1) is 0 Å². The number of aromatic hydroxyl groups is 1. The van der Waals surface area contributed by atoms with Crippen molar-refractivity contribution in [1.82, 2.24) is 0 Å². The van der Waals surface area contributed by atoms with Crippen molar-refractivity contribution in [3.8, 4) is 11.8 Å². The number of fused-ring (bicyclic) bond motifs is 2. The molecule has 0 heterocycles. The quantitative estimate of drug-likeness (QED) is 0.0746. The summed E-state index contributed by atoms with van der Waals surface area (Å²) in [4.78, 5) is -1.89. The molecule has 0 radical (unpaired) electrons. The van der Waals surface area contributed by atoms with E-state index in [0.717, 1.165) is 6.07 Å². The zero-order chi connectivity index (χ0) is 34.8. The van der Waals surface area contributed by atoms with Crippen molar-refractivity contribution in [2.45, 2.75) is 14.7 Å². The zero-order valence-electron chi connectivity index (χ0n) is 23.2. The molecule has 14 N–H and O–H groups in total. The number of benzene rings is 5. The number of nitrogens with zero attached hydrogens (tertiary/aromatic N) is 1. The molecular formula is C27H26N6O10S3. The first-order chi connectivity index (χ1) is 21.2. The maximum atomic E-state index is 11.4. The molecule has 0 aliphatic heterocycles. The van der Waals surface area contributed by atoms with Gasteiger partial charge in [0.15, 0.2) is 0 Å². The summed E-state index contributed by atoms with van der Waals surface area (Å²) in [5, 5.41) is 18.8. The third-order valence-electron chi connectivity index (χ3n) is 6.21. The highest BCUT2D eigenvalue weighted by Gasteiger charge is 2.25. The van der Waals surface area contributed by atoms with Crippen molar-refractivity contribution in [2.75, 3.05) is 28.7 Å². The molecule has 0 fully saturated rings. The number of anilines is 5. The van der Waals surface area contributed by atoms with E-state index in [4.69, 9.17) is 43.0 Å². The molecule has 5 aromatic carbocycles. The van der Waals surface area contributed by atoms with E-state index < -0.39 is 57.0 Å². The van der Waals surface area contributed by atoms with Crippen LogP contribution in [0.4, 0.5) is 28.4 Å². The summed E-state index contributed by atoms with van der Waals surface area (Å²) in [6.45, 7) is 0. The van der Waals surface area contributed by atoms with E-state index >= 15 is 0 Å². The van der Waals surface area contributed by atoms with Gasteiger partial charge >= 0.3 is 0 Å². The van der Waals surface area contributed by atoms with Gasteiger partial charge in [0.05, 0.1) is 27.9 Å². The maximum absolute atomic E-state index is 11.4. The van der Waals surface area contributed by atoms with Crippen LogP contribution in [0.2, 0.25) is 0 Å². The lowest BCUT2D eigenvalue weighted by molar-refractivity contribution is 0.473. The standard InChI is InChI=1S/C10H10N2O7S2.C10H10N2O3S.C7H6N2/c11-6-2-1-4-5(10(6)21(17,18)19)3-7(20(14,15)16)8(12)9(4)13;11-9-3-4-10(12)8-5-6(16(13,14)15)1-2-7(8)9;8-5-6-1-3-7(9)4-2-6/h1-3,13H,11-12H2,(H,14,15,16)(H,17,18,19);1-5H,11-12H2,(H,13,14,15);1-4H,9H2. The van der Waals surface area contributed by atoms with Crippen LogP contribution in [0.25, 0.3) is 21.5 Å². The number of phenolic OH excluding ortho intramolecular Hbond substituents is 1. The van der Waals surface area contributed by atoms with Crippen molar-refractivity contribution in [3.05, 3.63) is 78.4 Å². The normalized spacial score (nSPS) is 11.5. The molecule has 0 aliphatic carbocycles. The maximum Gasteiger partial charge on any atom is 0.297 e. The minimum atomic E-state index is -4.82. The first-order valence-corrected chi connectivity index (χ1v) is 16.6. The van der Waals surface area contributed by atoms with Crippen LogP contribution < -0.4 is 28.7 Å². The van der Waals surface area contributed by atoms with E-state index in [1.54, 1.807) is 36.4 Å². The summed E-state index contributed by atoms with van der Waals surface area (Å²) in [5.41, 5.74) is 28.9. The molecule has 46 heavy (non-hydrogen) atoms. The van der Waals surface area contributed by atoms with Crippen LogP contribution in [-0.4, -0.2) is 44.0 Å². The number of nitrogen functional groups attached to an aromatic ring is 5. The predicted molar refractivity (Wildman–Crippen MR) is 172 cm³/mol. The van der Waals surface area contributed by atoms with Crippen LogP contribution in [0.5, 0.6) is 5.75 Å². The molecule has 19 heteroatoms. The van der Waals surface area contributed by atoms with E-state index in [0.29, 0.717) is 39.5 Å². The molecule has 5 rings (SSSR count). The molecule has 0 saturated heterocycles. The number of hydrogen-bond acceptors (Lipinski definition) is 13. The summed E-state index contributed by atoms with van der Waals surface area (Å²) in [6.07, 6.45) is 0. The predicted octanol–water partition coefficient (Wildman–Crippen LogP) is 2.59. The molecule has 16 nitrogen and oxygen atoms in total. The molecule has 242 valence electrons. The number of nitriles is 1. The summed E-state index contributed by atoms with van der Waals surface area (Å²) >= 11 is 0. The lowest BCUT2D eigenvalue weighted by Crippen LogP contribution is -2.07. The Morgan fingerprint density at radius 3 is 1.59 bits per heavy atom. The van der Waals surface area contributed by atoms with Crippen LogP contribution in [0.3, 0.4) is 0 Å².